The van der Waals surface area contributed by atoms with E-state index in [0.717, 1.165) is 5.82 Å². The van der Waals surface area contributed by atoms with Gasteiger partial charge in [-0.3, -0.25) is 0 Å². The zero-order chi connectivity index (χ0) is 9.68. The van der Waals surface area contributed by atoms with Gasteiger partial charge in [-0.2, -0.15) is 10.5 Å². The molecule has 4 nitrogen and oxygen atoms in total. The minimum Gasteiger partial charge on any atom is -0.248 e. The summed E-state index contributed by atoms with van der Waals surface area (Å²) in [7, 11) is 0. The van der Waals surface area contributed by atoms with Crippen molar-refractivity contribution in [2.75, 3.05) is 0 Å². The van der Waals surface area contributed by atoms with Crippen LogP contribution in [0.5, 0.6) is 0 Å². The lowest BCUT2D eigenvalue weighted by Crippen LogP contribution is -2.37. The van der Waals surface area contributed by atoms with Crippen molar-refractivity contribution in [3.8, 4) is 12.1 Å². The number of aryl methyl sites for hydroxylation is 1. The molecule has 0 radical (unpaired) electrons. The van der Waals surface area contributed by atoms with E-state index in [1.807, 2.05) is 30.0 Å². The number of hydrogen-bond acceptors (Lipinski definition) is 2. The minimum absolute atomic E-state index is 0.218. The van der Waals surface area contributed by atoms with Gasteiger partial charge < -0.3 is 0 Å². The van der Waals surface area contributed by atoms with Crippen molar-refractivity contribution >= 4 is 0 Å². The molecule has 0 amide bonds. The normalized spacial score (nSPS) is 11.6. The average Bonchev–Trinajstić information content (AvgIpc) is 2.51. The van der Waals surface area contributed by atoms with Crippen molar-refractivity contribution in [1.29, 1.82) is 10.5 Å². The average molecular weight is 175 g/mol. The number of H-pyrrole nitrogens is 1. The van der Waals surface area contributed by atoms with Crippen LogP contribution in [-0.4, -0.2) is 4.98 Å². The van der Waals surface area contributed by atoms with E-state index in [2.05, 4.69) is 11.1 Å². The first-order chi connectivity index (χ1) is 6.27. The SMILES string of the molecule is Cc1[nH]cc[n+]1CC(C#N)CC#N. The summed E-state index contributed by atoms with van der Waals surface area (Å²) in [5.74, 6) is 0.780. The lowest BCUT2D eigenvalue weighted by atomic mass is 10.1. The highest BCUT2D eigenvalue weighted by molar-refractivity contribution is 4.88. The minimum atomic E-state index is -0.218. The molecule has 0 spiro atoms. The van der Waals surface area contributed by atoms with Crippen LogP contribution in [-0.2, 0) is 6.54 Å². The monoisotopic (exact) mass is 175 g/mol. The topological polar surface area (TPSA) is 67.2 Å². The maximum absolute atomic E-state index is 8.72. The molecule has 0 aliphatic carbocycles. The molecular weight excluding hydrogens is 164 g/mol. The summed E-state index contributed by atoms with van der Waals surface area (Å²) in [5, 5.41) is 17.2. The molecule has 1 aromatic rings. The van der Waals surface area contributed by atoms with Crippen molar-refractivity contribution in [1.82, 2.24) is 4.98 Å². The van der Waals surface area contributed by atoms with Crippen LogP contribution in [0.2, 0.25) is 0 Å². The third-order valence-corrected chi connectivity index (χ3v) is 1.91. The molecule has 1 heterocycles. The van der Waals surface area contributed by atoms with Crippen LogP contribution in [0.25, 0.3) is 0 Å². The smallest absolute Gasteiger partial charge is 0.248 e. The van der Waals surface area contributed by atoms with Crippen molar-refractivity contribution in [2.24, 2.45) is 5.92 Å². The Bertz CT molecular complexity index is 352. The van der Waals surface area contributed by atoms with Crippen LogP contribution < -0.4 is 4.57 Å². The van der Waals surface area contributed by atoms with E-state index in [0.29, 0.717) is 6.54 Å². The summed E-state index contributed by atoms with van der Waals surface area (Å²) < 4.78 is 1.94. The van der Waals surface area contributed by atoms with Crippen molar-refractivity contribution in [3.63, 3.8) is 0 Å². The maximum atomic E-state index is 8.72. The second kappa shape index (κ2) is 4.27. The Kier molecular flexibility index (Phi) is 3.05. The Morgan fingerprint density at radius 3 is 2.85 bits per heavy atom. The molecule has 0 saturated carbocycles. The molecule has 0 bridgehead atoms. The molecule has 0 aliphatic heterocycles. The second-order valence-corrected chi connectivity index (χ2v) is 2.89. The highest BCUT2D eigenvalue weighted by atomic mass is 15.1. The van der Waals surface area contributed by atoms with Gasteiger partial charge in [0.2, 0.25) is 0 Å². The third-order valence-electron chi connectivity index (χ3n) is 1.91. The summed E-state index contributed by atoms with van der Waals surface area (Å²) in [6.07, 6.45) is 3.97. The molecular formula is C9H11N4+. The predicted octanol–water partition coefficient (Wildman–Crippen LogP) is 0.664. The fraction of sp³-hybridized carbons (Fsp3) is 0.444. The van der Waals surface area contributed by atoms with Gasteiger partial charge in [-0.05, 0) is 0 Å². The van der Waals surface area contributed by atoms with Crippen LogP contribution in [0, 0.1) is 35.5 Å². The summed E-state index contributed by atoms with van der Waals surface area (Å²) in [6, 6.07) is 4.12. The van der Waals surface area contributed by atoms with Gasteiger partial charge in [0.25, 0.3) is 5.82 Å². The number of imidazole rings is 1. The Hall–Kier alpha value is -1.81. The largest absolute Gasteiger partial charge is 0.251 e. The zero-order valence-corrected chi connectivity index (χ0v) is 7.49. The number of aromatic amines is 1. The molecule has 4 heteroatoms. The zero-order valence-electron chi connectivity index (χ0n) is 7.49. The Morgan fingerprint density at radius 1 is 1.62 bits per heavy atom. The third kappa shape index (κ3) is 2.31. The van der Waals surface area contributed by atoms with Gasteiger partial charge >= 0.3 is 0 Å². The van der Waals surface area contributed by atoms with Gasteiger partial charge in [0.1, 0.15) is 18.9 Å². The number of nitrogens with zero attached hydrogens (tertiary/aromatic N) is 3. The Morgan fingerprint density at radius 2 is 2.38 bits per heavy atom. The van der Waals surface area contributed by atoms with Gasteiger partial charge in [0, 0.05) is 6.92 Å². The predicted molar refractivity (Wildman–Crippen MR) is 45.1 cm³/mol. The van der Waals surface area contributed by atoms with Crippen molar-refractivity contribution in [2.45, 2.75) is 19.9 Å². The highest BCUT2D eigenvalue weighted by Crippen LogP contribution is 2.00. The van der Waals surface area contributed by atoms with E-state index in [1.165, 1.54) is 0 Å². The van der Waals surface area contributed by atoms with Crippen LogP contribution in [0.3, 0.4) is 0 Å². The fourth-order valence-corrected chi connectivity index (χ4v) is 1.14. The van der Waals surface area contributed by atoms with Crippen LogP contribution in [0.1, 0.15) is 12.2 Å². The summed E-state index contributed by atoms with van der Waals surface area (Å²) >= 11 is 0. The van der Waals surface area contributed by atoms with Crippen molar-refractivity contribution < 1.29 is 4.57 Å². The molecule has 0 aromatic carbocycles. The van der Waals surface area contributed by atoms with E-state index >= 15 is 0 Å². The first-order valence-electron chi connectivity index (χ1n) is 4.08. The van der Waals surface area contributed by atoms with Gasteiger partial charge in [-0.1, -0.05) is 0 Å². The fourth-order valence-electron chi connectivity index (χ4n) is 1.14. The van der Waals surface area contributed by atoms with E-state index in [1.54, 1.807) is 0 Å². The summed E-state index contributed by atoms with van der Waals surface area (Å²) in [5.41, 5.74) is 0. The second-order valence-electron chi connectivity index (χ2n) is 2.89. The van der Waals surface area contributed by atoms with Crippen LogP contribution in [0.4, 0.5) is 0 Å². The van der Waals surface area contributed by atoms with Crippen molar-refractivity contribution in [3.05, 3.63) is 18.2 Å². The first-order valence-corrected chi connectivity index (χ1v) is 4.08. The Labute approximate surface area is 77.0 Å². The molecule has 13 heavy (non-hydrogen) atoms. The molecule has 0 saturated heterocycles. The summed E-state index contributed by atoms with van der Waals surface area (Å²) in [4.78, 5) is 3.01. The van der Waals surface area contributed by atoms with E-state index in [9.17, 15) is 0 Å². The lowest BCUT2D eigenvalue weighted by molar-refractivity contribution is -0.705. The van der Waals surface area contributed by atoms with Crippen LogP contribution >= 0.6 is 0 Å². The van der Waals surface area contributed by atoms with Gasteiger partial charge in [0.05, 0.1) is 24.5 Å². The number of nitrogens with one attached hydrogen (secondary N) is 1. The lowest BCUT2D eigenvalue weighted by Gasteiger charge is -2.00. The Balaban J connectivity index is 2.64. The molecule has 1 atom stereocenters. The molecule has 66 valence electrons. The number of aromatic nitrogens is 2. The van der Waals surface area contributed by atoms with E-state index in [4.69, 9.17) is 10.5 Å². The summed E-state index contributed by atoms with van der Waals surface area (Å²) in [6.45, 7) is 2.51. The molecule has 0 aliphatic rings. The molecule has 1 N–H and O–H groups in total. The number of rotatable bonds is 3. The van der Waals surface area contributed by atoms with Gasteiger partial charge in [-0.15, -0.1) is 0 Å². The molecule has 1 aromatic heterocycles. The van der Waals surface area contributed by atoms with Crippen LogP contribution in [0.15, 0.2) is 12.4 Å². The number of nitriles is 2. The van der Waals surface area contributed by atoms with Gasteiger partial charge in [-0.25, -0.2) is 9.55 Å². The standard InChI is InChI=1S/C9H10N4/c1-8-12-4-5-13(8)7-9(6-11)2-3-10/h4-5,9H,2,7H2,1H3/p+1. The quantitative estimate of drug-likeness (QED) is 0.686. The molecule has 1 unspecified atom stereocenters. The van der Waals surface area contributed by atoms with E-state index in [-0.39, 0.29) is 12.3 Å². The molecule has 0 fully saturated rings. The first kappa shape index (κ1) is 9.28. The maximum Gasteiger partial charge on any atom is 0.251 e. The van der Waals surface area contributed by atoms with Gasteiger partial charge in [0.15, 0.2) is 0 Å². The molecule has 1 rings (SSSR count). The van der Waals surface area contributed by atoms with E-state index < -0.39 is 0 Å². The highest BCUT2D eigenvalue weighted by Gasteiger charge is 2.13. The number of hydrogen-bond donors (Lipinski definition) is 1.